The molecule has 2 heterocycles. The van der Waals surface area contributed by atoms with Crippen molar-refractivity contribution in [3.05, 3.63) is 53.3 Å². The van der Waals surface area contributed by atoms with Crippen molar-refractivity contribution >= 4 is 28.9 Å². The third kappa shape index (κ3) is 2.39. The van der Waals surface area contributed by atoms with Crippen LogP contribution in [0.3, 0.4) is 0 Å². The first kappa shape index (κ1) is 12.0. The number of amides is 1. The molecular formula is C14H12ClN3O. The van der Waals surface area contributed by atoms with E-state index in [1.165, 1.54) is 0 Å². The summed E-state index contributed by atoms with van der Waals surface area (Å²) in [6.07, 6.45) is 2.27. The van der Waals surface area contributed by atoms with Crippen LogP contribution in [0.4, 0.5) is 11.4 Å². The van der Waals surface area contributed by atoms with Crippen molar-refractivity contribution in [2.45, 2.75) is 12.5 Å². The number of hydrogen-bond donors (Lipinski definition) is 2. The zero-order valence-corrected chi connectivity index (χ0v) is 10.8. The SMILES string of the molecule is O=C(Nc1cccnc1Cl)C1Cc2ccccc2N1. The van der Waals surface area contributed by atoms with Gasteiger partial charge in [0.1, 0.15) is 6.04 Å². The fraction of sp³-hybridized carbons (Fsp3) is 0.143. The van der Waals surface area contributed by atoms with E-state index >= 15 is 0 Å². The topological polar surface area (TPSA) is 54.0 Å². The van der Waals surface area contributed by atoms with Crippen LogP contribution in [0.2, 0.25) is 5.15 Å². The standard InChI is InChI=1S/C14H12ClN3O/c15-13-11(6-3-7-16-13)18-14(19)12-8-9-4-1-2-5-10(9)17-12/h1-7,12,17H,8H2,(H,18,19). The van der Waals surface area contributed by atoms with E-state index in [4.69, 9.17) is 11.6 Å². The third-order valence-electron chi connectivity index (χ3n) is 3.10. The van der Waals surface area contributed by atoms with E-state index in [9.17, 15) is 4.79 Å². The van der Waals surface area contributed by atoms with E-state index in [1.54, 1.807) is 18.3 Å². The summed E-state index contributed by atoms with van der Waals surface area (Å²) in [5, 5.41) is 6.29. The molecule has 19 heavy (non-hydrogen) atoms. The van der Waals surface area contributed by atoms with Gasteiger partial charge in [0, 0.05) is 18.3 Å². The highest BCUT2D eigenvalue weighted by Crippen LogP contribution is 2.26. The Morgan fingerprint density at radius 1 is 1.32 bits per heavy atom. The molecule has 0 radical (unpaired) electrons. The average molecular weight is 274 g/mol. The van der Waals surface area contributed by atoms with Crippen LogP contribution >= 0.6 is 11.6 Å². The van der Waals surface area contributed by atoms with Gasteiger partial charge in [-0.3, -0.25) is 4.79 Å². The molecule has 4 nitrogen and oxygen atoms in total. The Morgan fingerprint density at radius 3 is 2.95 bits per heavy atom. The average Bonchev–Trinajstić information content (AvgIpc) is 2.85. The lowest BCUT2D eigenvalue weighted by Crippen LogP contribution is -2.32. The van der Waals surface area contributed by atoms with Crippen LogP contribution in [-0.2, 0) is 11.2 Å². The van der Waals surface area contributed by atoms with Gasteiger partial charge in [0.05, 0.1) is 5.69 Å². The minimum absolute atomic E-state index is 0.105. The number of para-hydroxylation sites is 1. The summed E-state index contributed by atoms with van der Waals surface area (Å²) in [4.78, 5) is 16.1. The number of nitrogens with zero attached hydrogens (tertiary/aromatic N) is 1. The van der Waals surface area contributed by atoms with Crippen LogP contribution in [0.1, 0.15) is 5.56 Å². The zero-order chi connectivity index (χ0) is 13.2. The Balaban J connectivity index is 1.72. The second kappa shape index (κ2) is 4.90. The van der Waals surface area contributed by atoms with Crippen LogP contribution in [0.25, 0.3) is 0 Å². The van der Waals surface area contributed by atoms with Crippen molar-refractivity contribution in [1.29, 1.82) is 0 Å². The lowest BCUT2D eigenvalue weighted by molar-refractivity contribution is -0.116. The Hall–Kier alpha value is -2.07. The highest BCUT2D eigenvalue weighted by molar-refractivity contribution is 6.32. The molecule has 3 rings (SSSR count). The molecular weight excluding hydrogens is 262 g/mol. The molecule has 1 aliphatic heterocycles. The highest BCUT2D eigenvalue weighted by atomic mass is 35.5. The van der Waals surface area contributed by atoms with E-state index < -0.39 is 0 Å². The van der Waals surface area contributed by atoms with Gasteiger partial charge in [-0.25, -0.2) is 4.98 Å². The van der Waals surface area contributed by atoms with Gasteiger partial charge < -0.3 is 10.6 Å². The molecule has 2 aromatic rings. The van der Waals surface area contributed by atoms with Gasteiger partial charge >= 0.3 is 0 Å². The summed E-state index contributed by atoms with van der Waals surface area (Å²) in [7, 11) is 0. The minimum Gasteiger partial charge on any atom is -0.373 e. The summed E-state index contributed by atoms with van der Waals surface area (Å²) >= 11 is 5.92. The molecule has 5 heteroatoms. The molecule has 96 valence electrons. The number of carbonyl (C=O) groups is 1. The molecule has 1 aliphatic rings. The van der Waals surface area contributed by atoms with Crippen molar-refractivity contribution in [1.82, 2.24) is 4.98 Å². The summed E-state index contributed by atoms with van der Waals surface area (Å²) in [5.41, 5.74) is 2.70. The summed E-state index contributed by atoms with van der Waals surface area (Å²) in [6, 6.07) is 11.1. The second-order valence-corrected chi connectivity index (χ2v) is 4.75. The first-order valence-corrected chi connectivity index (χ1v) is 6.37. The normalized spacial score (nSPS) is 16.6. The predicted molar refractivity (Wildman–Crippen MR) is 75.4 cm³/mol. The molecule has 0 aliphatic carbocycles. The van der Waals surface area contributed by atoms with Crippen molar-refractivity contribution in [3.63, 3.8) is 0 Å². The Bertz CT molecular complexity index is 605. The maximum atomic E-state index is 12.2. The lowest BCUT2D eigenvalue weighted by atomic mass is 10.1. The number of anilines is 2. The van der Waals surface area contributed by atoms with Crippen LogP contribution in [0.15, 0.2) is 42.6 Å². The minimum atomic E-state index is -0.270. The maximum Gasteiger partial charge on any atom is 0.247 e. The maximum absolute atomic E-state index is 12.2. The highest BCUT2D eigenvalue weighted by Gasteiger charge is 2.26. The lowest BCUT2D eigenvalue weighted by Gasteiger charge is -2.12. The number of benzene rings is 1. The van der Waals surface area contributed by atoms with Gasteiger partial charge in [-0.05, 0) is 23.8 Å². The first-order chi connectivity index (χ1) is 9.24. The quantitative estimate of drug-likeness (QED) is 0.827. The van der Waals surface area contributed by atoms with Gasteiger partial charge in [0.2, 0.25) is 5.91 Å². The number of halogens is 1. The third-order valence-corrected chi connectivity index (χ3v) is 3.41. The van der Waals surface area contributed by atoms with Gasteiger partial charge in [-0.1, -0.05) is 29.8 Å². The van der Waals surface area contributed by atoms with Crippen molar-refractivity contribution in [2.75, 3.05) is 10.6 Å². The molecule has 0 fully saturated rings. The van der Waals surface area contributed by atoms with Crippen LogP contribution in [0, 0.1) is 0 Å². The van der Waals surface area contributed by atoms with E-state index in [1.807, 2.05) is 24.3 Å². The number of hydrogen-bond acceptors (Lipinski definition) is 3. The molecule has 0 saturated carbocycles. The van der Waals surface area contributed by atoms with E-state index in [0.29, 0.717) is 17.3 Å². The molecule has 2 N–H and O–H groups in total. The molecule has 1 unspecified atom stereocenters. The molecule has 1 aromatic heterocycles. The van der Waals surface area contributed by atoms with Crippen molar-refractivity contribution in [2.24, 2.45) is 0 Å². The monoisotopic (exact) mass is 273 g/mol. The van der Waals surface area contributed by atoms with E-state index in [0.717, 1.165) is 11.3 Å². The Labute approximate surface area is 115 Å². The fourth-order valence-corrected chi connectivity index (χ4v) is 2.32. The van der Waals surface area contributed by atoms with E-state index in [2.05, 4.69) is 15.6 Å². The van der Waals surface area contributed by atoms with Crippen molar-refractivity contribution in [3.8, 4) is 0 Å². The van der Waals surface area contributed by atoms with Gasteiger partial charge in [-0.15, -0.1) is 0 Å². The molecule has 0 saturated heterocycles. The first-order valence-electron chi connectivity index (χ1n) is 6.00. The largest absolute Gasteiger partial charge is 0.373 e. The van der Waals surface area contributed by atoms with Crippen LogP contribution in [-0.4, -0.2) is 16.9 Å². The van der Waals surface area contributed by atoms with Gasteiger partial charge in [0.25, 0.3) is 0 Å². The molecule has 1 atom stereocenters. The van der Waals surface area contributed by atoms with E-state index in [-0.39, 0.29) is 11.9 Å². The summed E-state index contributed by atoms with van der Waals surface area (Å²) in [5.74, 6) is -0.105. The van der Waals surface area contributed by atoms with Gasteiger partial charge in [0.15, 0.2) is 5.15 Å². The van der Waals surface area contributed by atoms with Crippen LogP contribution < -0.4 is 10.6 Å². The van der Waals surface area contributed by atoms with Crippen LogP contribution in [0.5, 0.6) is 0 Å². The number of fused-ring (bicyclic) bond motifs is 1. The number of nitrogens with one attached hydrogen (secondary N) is 2. The van der Waals surface area contributed by atoms with Gasteiger partial charge in [-0.2, -0.15) is 0 Å². The number of carbonyl (C=O) groups excluding carboxylic acids is 1. The Kier molecular flexibility index (Phi) is 3.09. The summed E-state index contributed by atoms with van der Waals surface area (Å²) in [6.45, 7) is 0. The Morgan fingerprint density at radius 2 is 2.16 bits per heavy atom. The predicted octanol–water partition coefficient (Wildman–Crippen LogP) is 2.71. The number of pyridine rings is 1. The second-order valence-electron chi connectivity index (χ2n) is 4.39. The number of rotatable bonds is 2. The molecule has 0 bridgehead atoms. The molecule has 1 amide bonds. The summed E-state index contributed by atoms with van der Waals surface area (Å²) < 4.78 is 0. The molecule has 0 spiro atoms. The zero-order valence-electron chi connectivity index (χ0n) is 10.1. The van der Waals surface area contributed by atoms with Crippen molar-refractivity contribution < 1.29 is 4.79 Å². The fourth-order valence-electron chi connectivity index (χ4n) is 2.16. The smallest absolute Gasteiger partial charge is 0.247 e. The number of aromatic nitrogens is 1. The molecule has 1 aromatic carbocycles.